The molecule has 2 N–H and O–H groups in total. The van der Waals surface area contributed by atoms with Crippen LogP contribution in [0, 0.1) is 12.7 Å². The van der Waals surface area contributed by atoms with Crippen molar-refractivity contribution in [2.24, 2.45) is 5.73 Å². The van der Waals surface area contributed by atoms with Crippen LogP contribution in [0.1, 0.15) is 42.7 Å². The smallest absolute Gasteiger partial charge is 0.236 e. The van der Waals surface area contributed by atoms with Gasteiger partial charge in [-0.2, -0.15) is 0 Å². The van der Waals surface area contributed by atoms with Crippen molar-refractivity contribution in [3.8, 4) is 5.75 Å². The molecular formula is C26H34Cl2FN3O2. The van der Waals surface area contributed by atoms with Gasteiger partial charge in [0.25, 0.3) is 0 Å². The van der Waals surface area contributed by atoms with E-state index < -0.39 is 0 Å². The minimum absolute atomic E-state index is 0.0386. The Hall–Kier alpha value is -1.86. The molecule has 0 unspecified atom stereocenters. The fourth-order valence-corrected chi connectivity index (χ4v) is 4.72. The third-order valence-corrected chi connectivity index (χ3v) is 6.91. The van der Waals surface area contributed by atoms with E-state index in [-0.39, 0.29) is 18.3 Å². The zero-order valence-electron chi connectivity index (χ0n) is 19.7. The van der Waals surface area contributed by atoms with Crippen LogP contribution in [0.2, 0.25) is 10.0 Å². The van der Waals surface area contributed by atoms with Gasteiger partial charge in [-0.25, -0.2) is 4.39 Å². The number of nitrogens with zero attached hydrogens (tertiary/aromatic N) is 2. The van der Waals surface area contributed by atoms with Gasteiger partial charge in [0.05, 0.1) is 6.54 Å². The van der Waals surface area contributed by atoms with Gasteiger partial charge < -0.3 is 15.4 Å². The van der Waals surface area contributed by atoms with E-state index in [9.17, 15) is 9.18 Å². The molecule has 5 nitrogen and oxygen atoms in total. The summed E-state index contributed by atoms with van der Waals surface area (Å²) < 4.78 is 18.6. The Labute approximate surface area is 211 Å². The lowest BCUT2D eigenvalue weighted by Crippen LogP contribution is -2.41. The van der Waals surface area contributed by atoms with Crippen LogP contribution in [0.15, 0.2) is 36.4 Å². The van der Waals surface area contributed by atoms with Gasteiger partial charge in [-0.15, -0.1) is 0 Å². The molecule has 2 fully saturated rings. The van der Waals surface area contributed by atoms with Crippen molar-refractivity contribution in [1.82, 2.24) is 9.80 Å². The minimum Gasteiger partial charge on any atom is -0.492 e. The third-order valence-electron chi connectivity index (χ3n) is 6.44. The number of ether oxygens (including phenoxy) is 1. The molecule has 0 saturated carbocycles. The summed E-state index contributed by atoms with van der Waals surface area (Å²) in [4.78, 5) is 16.0. The fraction of sp³-hybridized carbons (Fsp3) is 0.500. The van der Waals surface area contributed by atoms with E-state index in [1.54, 1.807) is 19.1 Å². The number of carbonyl (C=O) groups is 1. The molecule has 0 spiro atoms. The van der Waals surface area contributed by atoms with Gasteiger partial charge in [-0.3, -0.25) is 9.69 Å². The molecule has 186 valence electrons. The van der Waals surface area contributed by atoms with Crippen molar-refractivity contribution >= 4 is 29.1 Å². The third kappa shape index (κ3) is 7.84. The zero-order valence-corrected chi connectivity index (χ0v) is 21.3. The molecule has 34 heavy (non-hydrogen) atoms. The maximum absolute atomic E-state index is 12.5. The lowest BCUT2D eigenvalue weighted by molar-refractivity contribution is -0.130. The summed E-state index contributed by atoms with van der Waals surface area (Å²) in [6, 6.07) is 10.6. The number of piperidine rings is 1. The molecule has 0 radical (unpaired) electrons. The Bertz CT molecular complexity index is 946. The summed E-state index contributed by atoms with van der Waals surface area (Å²) in [5.74, 6) is 1.09. The number of amides is 1. The Morgan fingerprint density at radius 3 is 2.32 bits per heavy atom. The molecule has 0 aliphatic carbocycles. The van der Waals surface area contributed by atoms with Crippen molar-refractivity contribution in [1.29, 1.82) is 0 Å². The molecule has 1 amide bonds. The molecule has 2 aliphatic heterocycles. The molecule has 2 aliphatic rings. The van der Waals surface area contributed by atoms with Gasteiger partial charge in [0.15, 0.2) is 0 Å². The highest BCUT2D eigenvalue weighted by molar-refractivity contribution is 6.30. The highest BCUT2D eigenvalue weighted by Crippen LogP contribution is 2.36. The number of likely N-dealkylation sites (tertiary alicyclic amines) is 2. The molecule has 0 bridgehead atoms. The number of nitrogens with two attached hydrogens (primary N) is 1. The maximum Gasteiger partial charge on any atom is 0.236 e. The Balaban J connectivity index is 0.000000302. The highest BCUT2D eigenvalue weighted by Gasteiger charge is 2.25. The van der Waals surface area contributed by atoms with Crippen LogP contribution in [-0.4, -0.2) is 61.6 Å². The SMILES string of the molecule is Cc1ccc(Cl)cc1F.NCC(=O)N1CCC(c2ccc(Cl)cc2OCCN2CCCC2)CC1. The molecule has 2 saturated heterocycles. The largest absolute Gasteiger partial charge is 0.492 e. The summed E-state index contributed by atoms with van der Waals surface area (Å²) in [6.45, 7) is 7.33. The number of halogens is 3. The van der Waals surface area contributed by atoms with Crippen molar-refractivity contribution < 1.29 is 13.9 Å². The maximum atomic E-state index is 12.5. The first-order valence-corrected chi connectivity index (χ1v) is 12.7. The zero-order chi connectivity index (χ0) is 24.5. The average Bonchev–Trinajstić information content (AvgIpc) is 3.35. The monoisotopic (exact) mass is 509 g/mol. The molecular weight excluding hydrogens is 476 g/mol. The first-order valence-electron chi connectivity index (χ1n) is 11.9. The van der Waals surface area contributed by atoms with Gasteiger partial charge in [0, 0.05) is 29.7 Å². The molecule has 0 aromatic heterocycles. The van der Waals surface area contributed by atoms with E-state index in [0.717, 1.165) is 38.2 Å². The van der Waals surface area contributed by atoms with E-state index in [2.05, 4.69) is 11.0 Å². The number of benzene rings is 2. The van der Waals surface area contributed by atoms with Crippen LogP contribution in [0.25, 0.3) is 0 Å². The summed E-state index contributed by atoms with van der Waals surface area (Å²) in [5.41, 5.74) is 7.30. The van der Waals surface area contributed by atoms with Crippen molar-refractivity contribution in [3.05, 3.63) is 63.4 Å². The summed E-state index contributed by atoms with van der Waals surface area (Å²) in [7, 11) is 0. The van der Waals surface area contributed by atoms with Crippen molar-refractivity contribution in [2.75, 3.05) is 45.9 Å². The van der Waals surface area contributed by atoms with Crippen LogP contribution in [-0.2, 0) is 4.79 Å². The number of rotatable bonds is 6. The topological polar surface area (TPSA) is 58.8 Å². The van der Waals surface area contributed by atoms with E-state index in [0.29, 0.717) is 28.1 Å². The lowest BCUT2D eigenvalue weighted by Gasteiger charge is -2.32. The normalized spacial score (nSPS) is 16.8. The van der Waals surface area contributed by atoms with Gasteiger partial charge in [-0.1, -0.05) is 35.3 Å². The standard InChI is InChI=1S/C19H28ClN3O2.C7H6ClF/c20-16-3-4-17(15-5-9-23(10-6-15)19(24)14-21)18(13-16)25-12-11-22-7-1-2-8-22;1-5-2-3-6(8)4-7(5)9/h3-4,13,15H,1-2,5-12,14,21H2;2-4H,1H3. The molecule has 2 aromatic carbocycles. The molecule has 2 aromatic rings. The molecule has 2 heterocycles. The molecule has 8 heteroatoms. The summed E-state index contributed by atoms with van der Waals surface area (Å²) in [5, 5.41) is 1.15. The first-order chi connectivity index (χ1) is 16.4. The van der Waals surface area contributed by atoms with Crippen molar-refractivity contribution in [2.45, 2.75) is 38.5 Å². The van der Waals surface area contributed by atoms with Gasteiger partial charge in [-0.05, 0) is 87.0 Å². The highest BCUT2D eigenvalue weighted by atomic mass is 35.5. The molecule has 4 rings (SSSR count). The number of hydrogen-bond donors (Lipinski definition) is 1. The second-order valence-electron chi connectivity index (χ2n) is 8.83. The van der Waals surface area contributed by atoms with Crippen LogP contribution in [0.3, 0.4) is 0 Å². The van der Waals surface area contributed by atoms with Crippen LogP contribution >= 0.6 is 23.2 Å². The van der Waals surface area contributed by atoms with E-state index in [4.69, 9.17) is 33.7 Å². The fourth-order valence-electron chi connectivity index (χ4n) is 4.40. The van der Waals surface area contributed by atoms with Gasteiger partial charge >= 0.3 is 0 Å². The molecule has 0 atom stereocenters. The van der Waals surface area contributed by atoms with Gasteiger partial charge in [0.2, 0.25) is 5.91 Å². The number of carbonyl (C=O) groups excluding carboxylic acids is 1. The van der Waals surface area contributed by atoms with Crippen LogP contribution in [0.4, 0.5) is 4.39 Å². The number of aryl methyl sites for hydroxylation is 1. The van der Waals surface area contributed by atoms with E-state index in [1.807, 2.05) is 17.0 Å². The van der Waals surface area contributed by atoms with Crippen LogP contribution in [0.5, 0.6) is 5.75 Å². The predicted octanol–water partition coefficient (Wildman–Crippen LogP) is 5.27. The first kappa shape index (κ1) is 26.7. The van der Waals surface area contributed by atoms with E-state index >= 15 is 0 Å². The second-order valence-corrected chi connectivity index (χ2v) is 9.70. The van der Waals surface area contributed by atoms with Gasteiger partial charge in [0.1, 0.15) is 18.2 Å². The minimum atomic E-state index is -0.248. The Morgan fingerprint density at radius 1 is 1.06 bits per heavy atom. The Morgan fingerprint density at radius 2 is 1.71 bits per heavy atom. The second kappa shape index (κ2) is 13.3. The van der Waals surface area contributed by atoms with Crippen molar-refractivity contribution in [3.63, 3.8) is 0 Å². The predicted molar refractivity (Wildman–Crippen MR) is 136 cm³/mol. The number of hydrogen-bond acceptors (Lipinski definition) is 4. The lowest BCUT2D eigenvalue weighted by atomic mass is 9.88. The average molecular weight is 510 g/mol. The summed E-state index contributed by atoms with van der Waals surface area (Å²) in [6.07, 6.45) is 4.47. The van der Waals surface area contributed by atoms with E-state index in [1.165, 1.54) is 37.6 Å². The summed E-state index contributed by atoms with van der Waals surface area (Å²) >= 11 is 11.7. The quantitative estimate of drug-likeness (QED) is 0.576. The Kier molecular flexibility index (Phi) is 10.5. The van der Waals surface area contributed by atoms with Crippen LogP contribution < -0.4 is 10.5 Å².